The summed E-state index contributed by atoms with van der Waals surface area (Å²) in [5.41, 5.74) is 4.38. The Kier molecular flexibility index (Phi) is 4.12. The Hall–Kier alpha value is -3.14. The topological polar surface area (TPSA) is 48.4 Å². The van der Waals surface area contributed by atoms with Crippen LogP contribution in [0.2, 0.25) is 0 Å². The second kappa shape index (κ2) is 6.79. The van der Waals surface area contributed by atoms with E-state index >= 15 is 0 Å². The third-order valence-electron chi connectivity index (χ3n) is 5.95. The van der Waals surface area contributed by atoms with Crippen LogP contribution >= 0.6 is 0 Å². The fourth-order valence-corrected chi connectivity index (χ4v) is 4.47. The Bertz CT molecular complexity index is 1090. The highest BCUT2D eigenvalue weighted by Gasteiger charge is 2.44. The first-order chi connectivity index (χ1) is 13.7. The number of esters is 1. The number of fused-ring (bicyclic) bond motifs is 3. The highest BCUT2D eigenvalue weighted by Crippen LogP contribution is 2.44. The minimum absolute atomic E-state index is 0.0402. The fourth-order valence-electron chi connectivity index (χ4n) is 4.47. The number of rotatable bonds is 3. The van der Waals surface area contributed by atoms with Gasteiger partial charge >= 0.3 is 5.97 Å². The highest BCUT2D eigenvalue weighted by atomic mass is 16.5. The van der Waals surface area contributed by atoms with Gasteiger partial charge in [-0.3, -0.25) is 4.79 Å². The summed E-state index contributed by atoms with van der Waals surface area (Å²) in [6.07, 6.45) is 5.03. The zero-order valence-electron chi connectivity index (χ0n) is 15.7. The van der Waals surface area contributed by atoms with Gasteiger partial charge in [-0.15, -0.1) is 0 Å². The number of carbonyl (C=O) groups is 1. The Morgan fingerprint density at radius 2 is 2.04 bits per heavy atom. The van der Waals surface area contributed by atoms with Crippen molar-refractivity contribution in [2.75, 3.05) is 13.7 Å². The molecule has 2 aliphatic rings. The maximum atomic E-state index is 12.2. The van der Waals surface area contributed by atoms with Crippen LogP contribution in [-0.4, -0.2) is 24.7 Å². The quantitative estimate of drug-likeness (QED) is 0.641. The lowest BCUT2D eigenvalue weighted by Crippen LogP contribution is -2.29. The Balaban J connectivity index is 1.49. The van der Waals surface area contributed by atoms with E-state index in [9.17, 15) is 4.79 Å². The van der Waals surface area contributed by atoms with Gasteiger partial charge in [0.05, 0.1) is 30.8 Å². The summed E-state index contributed by atoms with van der Waals surface area (Å²) in [6.45, 7) is 0.498. The number of hydrogen-bond acceptors (Lipinski definition) is 4. The van der Waals surface area contributed by atoms with Gasteiger partial charge in [0.15, 0.2) is 0 Å². The molecule has 140 valence electrons. The zero-order chi connectivity index (χ0) is 19.1. The minimum Gasteiger partial charge on any atom is -0.497 e. The number of aromatic nitrogens is 1. The standard InChI is InChI=1S/C24H21NO3/c1-27-18-9-11-23-16(12-18)6-7-17(25-23)8-10-20-19-5-3-2-4-15(19)13-21-22(20)14-28-24(21)26/h2-12,20-22H,13-14H2,1H3/b10-8+/t20-,21-,22+/m1/s1. The molecule has 1 aromatic heterocycles. The maximum Gasteiger partial charge on any atom is 0.309 e. The first kappa shape index (κ1) is 17.0. The van der Waals surface area contributed by atoms with Crippen LogP contribution in [0.3, 0.4) is 0 Å². The van der Waals surface area contributed by atoms with Crippen LogP contribution in [-0.2, 0) is 16.0 Å². The van der Waals surface area contributed by atoms with Crippen LogP contribution in [0.1, 0.15) is 22.7 Å². The molecule has 28 heavy (non-hydrogen) atoms. The summed E-state index contributed by atoms with van der Waals surface area (Å²) in [7, 11) is 1.67. The smallest absolute Gasteiger partial charge is 0.309 e. The third-order valence-corrected chi connectivity index (χ3v) is 5.95. The van der Waals surface area contributed by atoms with Crippen molar-refractivity contribution in [2.24, 2.45) is 11.8 Å². The molecule has 0 saturated carbocycles. The van der Waals surface area contributed by atoms with E-state index in [2.05, 4.69) is 36.4 Å². The molecule has 3 aromatic rings. The van der Waals surface area contributed by atoms with E-state index in [1.807, 2.05) is 30.3 Å². The number of hydrogen-bond donors (Lipinski definition) is 0. The summed E-state index contributed by atoms with van der Waals surface area (Å²) >= 11 is 0. The highest BCUT2D eigenvalue weighted by molar-refractivity contribution is 5.81. The number of allylic oxidation sites excluding steroid dienone is 1. The molecule has 0 N–H and O–H groups in total. The van der Waals surface area contributed by atoms with Gasteiger partial charge in [0.2, 0.25) is 0 Å². The molecule has 1 fully saturated rings. The van der Waals surface area contributed by atoms with Crippen molar-refractivity contribution in [3.63, 3.8) is 0 Å². The second-order valence-electron chi connectivity index (χ2n) is 7.48. The van der Waals surface area contributed by atoms with Gasteiger partial charge in [0, 0.05) is 17.2 Å². The number of nitrogens with zero attached hydrogens (tertiary/aromatic N) is 1. The van der Waals surface area contributed by atoms with Crippen LogP contribution in [0.4, 0.5) is 0 Å². The molecule has 4 heteroatoms. The Morgan fingerprint density at radius 3 is 2.93 bits per heavy atom. The molecule has 5 rings (SSSR count). The van der Waals surface area contributed by atoms with Gasteiger partial charge in [0.25, 0.3) is 0 Å². The summed E-state index contributed by atoms with van der Waals surface area (Å²) in [4.78, 5) is 16.9. The second-order valence-corrected chi connectivity index (χ2v) is 7.48. The molecule has 0 radical (unpaired) electrons. The SMILES string of the molecule is COc1ccc2nc(/C=C/[C@@H]3c4ccccc4C[C@H]4C(=O)OC[C@@H]34)ccc2c1. The molecule has 1 saturated heterocycles. The van der Waals surface area contributed by atoms with Gasteiger partial charge in [0.1, 0.15) is 5.75 Å². The average Bonchev–Trinajstić information content (AvgIpc) is 3.11. The number of methoxy groups -OCH3 is 1. The molecule has 3 atom stereocenters. The maximum absolute atomic E-state index is 12.2. The summed E-state index contributed by atoms with van der Waals surface area (Å²) in [5, 5.41) is 1.05. The average molecular weight is 371 g/mol. The van der Waals surface area contributed by atoms with Gasteiger partial charge in [-0.25, -0.2) is 4.98 Å². The van der Waals surface area contributed by atoms with Crippen molar-refractivity contribution >= 4 is 22.9 Å². The predicted octanol–water partition coefficient (Wildman–Crippen LogP) is 4.39. The van der Waals surface area contributed by atoms with E-state index in [4.69, 9.17) is 14.5 Å². The van der Waals surface area contributed by atoms with Crippen molar-refractivity contribution < 1.29 is 14.3 Å². The lowest BCUT2D eigenvalue weighted by atomic mass is 9.70. The van der Waals surface area contributed by atoms with Gasteiger partial charge < -0.3 is 9.47 Å². The number of carbonyl (C=O) groups excluding carboxylic acids is 1. The molecule has 1 aliphatic carbocycles. The van der Waals surface area contributed by atoms with Crippen molar-refractivity contribution in [1.82, 2.24) is 4.98 Å². The molecule has 0 amide bonds. The zero-order valence-corrected chi connectivity index (χ0v) is 15.7. The summed E-state index contributed by atoms with van der Waals surface area (Å²) in [5.74, 6) is 1.09. The van der Waals surface area contributed by atoms with Crippen LogP contribution in [0.25, 0.3) is 17.0 Å². The van der Waals surface area contributed by atoms with Crippen LogP contribution < -0.4 is 4.74 Å². The van der Waals surface area contributed by atoms with E-state index in [1.165, 1.54) is 11.1 Å². The van der Waals surface area contributed by atoms with Crippen molar-refractivity contribution in [2.45, 2.75) is 12.3 Å². The Labute approximate surface area is 163 Å². The molecule has 2 aromatic carbocycles. The molecule has 1 aliphatic heterocycles. The number of pyridine rings is 1. The monoisotopic (exact) mass is 371 g/mol. The molecular formula is C24H21NO3. The van der Waals surface area contributed by atoms with Gasteiger partial charge in [-0.2, -0.15) is 0 Å². The largest absolute Gasteiger partial charge is 0.497 e. The van der Waals surface area contributed by atoms with Gasteiger partial charge in [-0.1, -0.05) is 36.4 Å². The van der Waals surface area contributed by atoms with Crippen molar-refractivity contribution in [3.8, 4) is 5.75 Å². The third kappa shape index (κ3) is 2.85. The van der Waals surface area contributed by atoms with Crippen molar-refractivity contribution in [3.05, 3.63) is 77.5 Å². The molecule has 0 spiro atoms. The summed E-state index contributed by atoms with van der Waals surface area (Å²) < 4.78 is 10.7. The van der Waals surface area contributed by atoms with Gasteiger partial charge in [-0.05, 0) is 47.9 Å². The molecule has 2 heterocycles. The predicted molar refractivity (Wildman–Crippen MR) is 108 cm³/mol. The van der Waals surface area contributed by atoms with E-state index in [0.29, 0.717) is 6.61 Å². The number of cyclic esters (lactones) is 1. The van der Waals surface area contributed by atoms with Crippen LogP contribution in [0.15, 0.2) is 60.7 Å². The lowest BCUT2D eigenvalue weighted by molar-refractivity contribution is -0.141. The number of ether oxygens (including phenoxy) is 2. The fraction of sp³-hybridized carbons (Fsp3) is 0.250. The van der Waals surface area contributed by atoms with Crippen molar-refractivity contribution in [1.29, 1.82) is 0 Å². The summed E-state index contributed by atoms with van der Waals surface area (Å²) in [6, 6.07) is 18.4. The first-order valence-electron chi connectivity index (χ1n) is 9.60. The lowest BCUT2D eigenvalue weighted by Gasteiger charge is -2.31. The van der Waals surface area contributed by atoms with E-state index in [-0.39, 0.29) is 23.7 Å². The normalized spacial score (nSPS) is 23.5. The molecule has 0 bridgehead atoms. The number of benzene rings is 2. The van der Waals surface area contributed by atoms with Crippen LogP contribution in [0.5, 0.6) is 5.75 Å². The van der Waals surface area contributed by atoms with E-state index in [0.717, 1.165) is 28.8 Å². The first-order valence-corrected chi connectivity index (χ1v) is 9.60. The minimum atomic E-state index is -0.0596. The van der Waals surface area contributed by atoms with E-state index in [1.54, 1.807) is 7.11 Å². The van der Waals surface area contributed by atoms with E-state index < -0.39 is 0 Å². The molecule has 0 unspecified atom stereocenters. The Morgan fingerprint density at radius 1 is 1.14 bits per heavy atom. The molecular weight excluding hydrogens is 350 g/mol. The molecule has 4 nitrogen and oxygen atoms in total. The van der Waals surface area contributed by atoms with Crippen LogP contribution in [0, 0.1) is 11.8 Å².